The molecule has 1 saturated heterocycles. The van der Waals surface area contributed by atoms with Gasteiger partial charge >= 0.3 is 0 Å². The molecule has 110 valence electrons. The van der Waals surface area contributed by atoms with Crippen molar-refractivity contribution in [3.63, 3.8) is 0 Å². The number of carbonyl (C=O) groups is 1. The van der Waals surface area contributed by atoms with Gasteiger partial charge in [0.25, 0.3) is 5.91 Å². The number of nitrogens with zero attached hydrogens (tertiary/aromatic N) is 2. The highest BCUT2D eigenvalue weighted by molar-refractivity contribution is 5.99. The predicted octanol–water partition coefficient (Wildman–Crippen LogP) is 1.99. The van der Waals surface area contributed by atoms with Crippen LogP contribution in [0.1, 0.15) is 28.8 Å². The van der Waals surface area contributed by atoms with Gasteiger partial charge in [-0.2, -0.15) is 0 Å². The molecule has 0 aliphatic carbocycles. The second kappa shape index (κ2) is 6.27. The molecule has 0 aromatic heterocycles. The maximum Gasteiger partial charge on any atom is 0.255 e. The van der Waals surface area contributed by atoms with E-state index in [1.165, 1.54) is 0 Å². The number of nitrogen functional groups attached to an aromatic ring is 1. The first-order valence-corrected chi connectivity index (χ1v) is 7.28. The fourth-order valence-electron chi connectivity index (χ4n) is 2.87. The molecule has 0 bridgehead atoms. The highest BCUT2D eigenvalue weighted by Crippen LogP contribution is 2.23. The largest absolute Gasteiger partial charge is 0.398 e. The van der Waals surface area contributed by atoms with Crippen LogP contribution >= 0.6 is 0 Å². The van der Waals surface area contributed by atoms with Crippen LogP contribution in [-0.2, 0) is 0 Å². The summed E-state index contributed by atoms with van der Waals surface area (Å²) >= 11 is 0. The van der Waals surface area contributed by atoms with Crippen molar-refractivity contribution in [2.45, 2.75) is 19.8 Å². The van der Waals surface area contributed by atoms with Crippen LogP contribution in [-0.4, -0.2) is 49.4 Å². The number of carbonyl (C=O) groups excluding carboxylic acids is 1. The fraction of sp³-hybridized carbons (Fsp3) is 0.562. The van der Waals surface area contributed by atoms with E-state index >= 15 is 0 Å². The maximum atomic E-state index is 12.5. The van der Waals surface area contributed by atoms with Gasteiger partial charge in [0, 0.05) is 25.3 Å². The minimum absolute atomic E-state index is 0.0782. The van der Waals surface area contributed by atoms with Gasteiger partial charge in [0.2, 0.25) is 0 Å². The third-order valence-corrected chi connectivity index (χ3v) is 4.08. The fourth-order valence-corrected chi connectivity index (χ4v) is 2.87. The van der Waals surface area contributed by atoms with E-state index in [0.29, 0.717) is 17.2 Å². The van der Waals surface area contributed by atoms with Gasteiger partial charge in [0.1, 0.15) is 0 Å². The van der Waals surface area contributed by atoms with Crippen molar-refractivity contribution >= 4 is 11.6 Å². The average Bonchev–Trinajstić information content (AvgIpc) is 2.41. The molecule has 0 atom stereocenters. The van der Waals surface area contributed by atoms with Crippen LogP contribution in [0.2, 0.25) is 0 Å². The van der Waals surface area contributed by atoms with E-state index < -0.39 is 0 Å². The predicted molar refractivity (Wildman–Crippen MR) is 82.8 cm³/mol. The summed E-state index contributed by atoms with van der Waals surface area (Å²) < 4.78 is 0. The van der Waals surface area contributed by atoms with Gasteiger partial charge in [0.05, 0.1) is 5.56 Å². The topological polar surface area (TPSA) is 49.6 Å². The minimum Gasteiger partial charge on any atom is -0.398 e. The van der Waals surface area contributed by atoms with Crippen LogP contribution < -0.4 is 5.73 Å². The van der Waals surface area contributed by atoms with E-state index in [4.69, 9.17) is 5.73 Å². The summed E-state index contributed by atoms with van der Waals surface area (Å²) in [7, 11) is 4.20. The molecule has 1 aromatic rings. The number of likely N-dealkylation sites (tertiary alicyclic amines) is 1. The molecule has 2 rings (SSSR count). The van der Waals surface area contributed by atoms with Crippen LogP contribution in [0.5, 0.6) is 0 Å². The molecular weight excluding hydrogens is 250 g/mol. The maximum absolute atomic E-state index is 12.5. The number of anilines is 1. The number of para-hydroxylation sites is 1. The lowest BCUT2D eigenvalue weighted by Gasteiger charge is -2.33. The molecule has 0 spiro atoms. The van der Waals surface area contributed by atoms with Gasteiger partial charge < -0.3 is 15.5 Å². The molecule has 20 heavy (non-hydrogen) atoms. The van der Waals surface area contributed by atoms with Gasteiger partial charge in [-0.25, -0.2) is 0 Å². The van der Waals surface area contributed by atoms with Gasteiger partial charge in [-0.05, 0) is 51.4 Å². The Morgan fingerprint density at radius 3 is 2.60 bits per heavy atom. The number of benzene rings is 1. The first-order valence-electron chi connectivity index (χ1n) is 7.28. The van der Waals surface area contributed by atoms with E-state index in [2.05, 4.69) is 19.0 Å². The van der Waals surface area contributed by atoms with Crippen LogP contribution in [0.4, 0.5) is 5.69 Å². The number of rotatable bonds is 3. The number of piperidine rings is 1. The summed E-state index contributed by atoms with van der Waals surface area (Å²) in [6.07, 6.45) is 2.16. The van der Waals surface area contributed by atoms with Crippen LogP contribution in [0.15, 0.2) is 18.2 Å². The monoisotopic (exact) mass is 275 g/mol. The Balaban J connectivity index is 2.00. The van der Waals surface area contributed by atoms with Crippen molar-refractivity contribution in [3.05, 3.63) is 29.3 Å². The normalized spacial score (nSPS) is 16.7. The summed E-state index contributed by atoms with van der Waals surface area (Å²) in [5, 5.41) is 0. The lowest BCUT2D eigenvalue weighted by Crippen LogP contribution is -2.40. The SMILES string of the molecule is Cc1cccc(C(=O)N2CCC(CN(C)C)CC2)c1N. The summed E-state index contributed by atoms with van der Waals surface area (Å²) in [5.74, 6) is 0.776. The summed E-state index contributed by atoms with van der Waals surface area (Å²) in [6, 6.07) is 5.67. The Bertz CT molecular complexity index is 477. The van der Waals surface area contributed by atoms with Crippen molar-refractivity contribution in [3.8, 4) is 0 Å². The van der Waals surface area contributed by atoms with E-state index in [0.717, 1.165) is 38.0 Å². The van der Waals surface area contributed by atoms with E-state index in [9.17, 15) is 4.79 Å². The van der Waals surface area contributed by atoms with Crippen LogP contribution in [0.3, 0.4) is 0 Å². The van der Waals surface area contributed by atoms with Crippen molar-refractivity contribution in [2.24, 2.45) is 5.92 Å². The number of nitrogens with two attached hydrogens (primary N) is 1. The molecule has 1 heterocycles. The summed E-state index contributed by atoms with van der Waals surface area (Å²) in [4.78, 5) is 16.7. The van der Waals surface area contributed by atoms with E-state index in [-0.39, 0.29) is 5.91 Å². The number of aryl methyl sites for hydroxylation is 1. The van der Waals surface area contributed by atoms with Gasteiger partial charge in [0.15, 0.2) is 0 Å². The van der Waals surface area contributed by atoms with Crippen molar-refractivity contribution < 1.29 is 4.79 Å². The third kappa shape index (κ3) is 3.31. The third-order valence-electron chi connectivity index (χ3n) is 4.08. The molecule has 0 radical (unpaired) electrons. The highest BCUT2D eigenvalue weighted by Gasteiger charge is 2.25. The van der Waals surface area contributed by atoms with E-state index in [1.54, 1.807) is 0 Å². The smallest absolute Gasteiger partial charge is 0.255 e. The van der Waals surface area contributed by atoms with Crippen molar-refractivity contribution in [1.82, 2.24) is 9.80 Å². The number of hydrogen-bond donors (Lipinski definition) is 1. The Labute approximate surface area is 121 Å². The molecule has 0 saturated carbocycles. The summed E-state index contributed by atoms with van der Waals surface area (Å²) in [6.45, 7) is 4.72. The lowest BCUT2D eigenvalue weighted by atomic mass is 9.95. The Kier molecular flexibility index (Phi) is 4.65. The average molecular weight is 275 g/mol. The molecule has 1 fully saturated rings. The zero-order chi connectivity index (χ0) is 14.7. The number of amides is 1. The number of hydrogen-bond acceptors (Lipinski definition) is 3. The standard InChI is InChI=1S/C16H25N3O/c1-12-5-4-6-14(15(12)17)16(20)19-9-7-13(8-10-19)11-18(2)3/h4-6,13H,7-11,17H2,1-3H3. The molecule has 4 heteroatoms. The van der Waals surface area contributed by atoms with Gasteiger partial charge in [-0.15, -0.1) is 0 Å². The molecule has 1 amide bonds. The molecule has 2 N–H and O–H groups in total. The molecular formula is C16H25N3O. The molecule has 1 aliphatic rings. The lowest BCUT2D eigenvalue weighted by molar-refractivity contribution is 0.0679. The quantitative estimate of drug-likeness (QED) is 0.858. The Hall–Kier alpha value is -1.55. The summed E-state index contributed by atoms with van der Waals surface area (Å²) in [5.41, 5.74) is 8.27. The molecule has 0 unspecified atom stereocenters. The minimum atomic E-state index is 0.0782. The van der Waals surface area contributed by atoms with E-state index in [1.807, 2.05) is 30.0 Å². The first-order chi connectivity index (χ1) is 9.49. The van der Waals surface area contributed by atoms with Crippen LogP contribution in [0, 0.1) is 12.8 Å². The molecule has 1 aromatic carbocycles. The first kappa shape index (κ1) is 14.9. The van der Waals surface area contributed by atoms with Gasteiger partial charge in [-0.1, -0.05) is 12.1 Å². The zero-order valence-corrected chi connectivity index (χ0v) is 12.7. The van der Waals surface area contributed by atoms with Crippen molar-refractivity contribution in [1.29, 1.82) is 0 Å². The molecule has 4 nitrogen and oxygen atoms in total. The second-order valence-corrected chi connectivity index (χ2v) is 6.03. The Morgan fingerprint density at radius 2 is 2.00 bits per heavy atom. The second-order valence-electron chi connectivity index (χ2n) is 6.03. The Morgan fingerprint density at radius 1 is 1.35 bits per heavy atom. The van der Waals surface area contributed by atoms with Gasteiger partial charge in [-0.3, -0.25) is 4.79 Å². The zero-order valence-electron chi connectivity index (χ0n) is 12.7. The van der Waals surface area contributed by atoms with Crippen LogP contribution in [0.25, 0.3) is 0 Å². The van der Waals surface area contributed by atoms with Crippen molar-refractivity contribution in [2.75, 3.05) is 39.5 Å². The highest BCUT2D eigenvalue weighted by atomic mass is 16.2. The molecule has 1 aliphatic heterocycles.